The molecule has 2 N–H and O–H groups in total. The molecule has 2 saturated heterocycles. The van der Waals surface area contributed by atoms with Gasteiger partial charge in [0.15, 0.2) is 0 Å². The first-order valence-corrected chi connectivity index (χ1v) is 9.10. The van der Waals surface area contributed by atoms with E-state index in [0.717, 1.165) is 62.3 Å². The van der Waals surface area contributed by atoms with Crippen molar-refractivity contribution in [3.05, 3.63) is 29.6 Å². The molecule has 6 nitrogen and oxygen atoms in total. The van der Waals surface area contributed by atoms with Crippen molar-refractivity contribution in [1.29, 1.82) is 0 Å². The van der Waals surface area contributed by atoms with Crippen LogP contribution in [0.1, 0.15) is 30.7 Å². The summed E-state index contributed by atoms with van der Waals surface area (Å²) < 4.78 is 5.70. The van der Waals surface area contributed by atoms with Crippen molar-refractivity contribution >= 4 is 17.0 Å². The van der Waals surface area contributed by atoms with Crippen LogP contribution in [0, 0.1) is 12.3 Å². The fraction of sp³-hybridized carbons (Fsp3) is 0.579. The minimum Gasteiger partial charge on any atom is -0.461 e. The lowest BCUT2D eigenvalue weighted by atomic mass is 9.76. The van der Waals surface area contributed by atoms with Crippen molar-refractivity contribution in [2.24, 2.45) is 5.41 Å². The maximum atomic E-state index is 12.4. The number of carbonyl (C=O) groups is 1. The van der Waals surface area contributed by atoms with Crippen molar-refractivity contribution in [3.8, 4) is 0 Å². The van der Waals surface area contributed by atoms with Crippen LogP contribution in [0.2, 0.25) is 0 Å². The Hall–Kier alpha value is -1.92. The number of likely N-dealkylation sites (N-methyl/N-ethyl adjacent to an activating group) is 1. The Balaban J connectivity index is 1.38. The predicted molar refractivity (Wildman–Crippen MR) is 96.2 cm³/mol. The quantitative estimate of drug-likeness (QED) is 0.832. The van der Waals surface area contributed by atoms with Crippen LogP contribution >= 0.6 is 0 Å². The summed E-state index contributed by atoms with van der Waals surface area (Å²) in [6.45, 7) is 5.37. The van der Waals surface area contributed by atoms with E-state index in [1.165, 1.54) is 5.56 Å². The van der Waals surface area contributed by atoms with Crippen LogP contribution in [0.25, 0.3) is 11.0 Å². The number of cyclic esters (lactones) is 1. The van der Waals surface area contributed by atoms with E-state index in [1.807, 2.05) is 6.07 Å². The molecule has 2 fully saturated rings. The van der Waals surface area contributed by atoms with Gasteiger partial charge in [0, 0.05) is 13.0 Å². The van der Waals surface area contributed by atoms with E-state index in [1.54, 1.807) is 0 Å². The Morgan fingerprint density at radius 3 is 2.96 bits per heavy atom. The van der Waals surface area contributed by atoms with E-state index in [2.05, 4.69) is 46.3 Å². The lowest BCUT2D eigenvalue weighted by Crippen LogP contribution is -2.39. The van der Waals surface area contributed by atoms with Crippen LogP contribution in [-0.4, -0.2) is 53.6 Å². The number of hydrogen-bond donors (Lipinski definition) is 2. The number of rotatable bonds is 4. The second-order valence-electron chi connectivity index (χ2n) is 7.66. The number of carbonyl (C=O) groups excluding carboxylic acids is 1. The van der Waals surface area contributed by atoms with Crippen LogP contribution < -0.4 is 5.32 Å². The van der Waals surface area contributed by atoms with Gasteiger partial charge in [-0.15, -0.1) is 0 Å². The van der Waals surface area contributed by atoms with Gasteiger partial charge in [0.2, 0.25) is 0 Å². The van der Waals surface area contributed by atoms with Gasteiger partial charge in [-0.25, -0.2) is 4.98 Å². The number of ether oxygens (including phenoxy) is 1. The van der Waals surface area contributed by atoms with Crippen molar-refractivity contribution in [2.45, 2.75) is 38.8 Å². The van der Waals surface area contributed by atoms with Gasteiger partial charge >= 0.3 is 5.97 Å². The van der Waals surface area contributed by atoms with Gasteiger partial charge in [-0.1, -0.05) is 6.07 Å². The van der Waals surface area contributed by atoms with E-state index in [-0.39, 0.29) is 17.5 Å². The van der Waals surface area contributed by atoms with E-state index in [9.17, 15) is 4.79 Å². The summed E-state index contributed by atoms with van der Waals surface area (Å²) in [6, 6.07) is 6.24. The average molecular weight is 342 g/mol. The van der Waals surface area contributed by atoms with Gasteiger partial charge in [0.05, 0.1) is 23.0 Å². The molecule has 1 aromatic heterocycles. The number of fused-ring (bicyclic) bond motifs is 1. The predicted octanol–water partition coefficient (Wildman–Crippen LogP) is 1.99. The topological polar surface area (TPSA) is 70.2 Å². The highest BCUT2D eigenvalue weighted by Gasteiger charge is 2.49. The maximum absolute atomic E-state index is 12.4. The minimum absolute atomic E-state index is 0.00612. The smallest absolute Gasteiger partial charge is 0.312 e. The normalized spacial score (nSPS) is 22.8. The average Bonchev–Trinajstić information content (AvgIpc) is 3.08. The molecular formula is C19H26N4O2. The number of imidazole rings is 1. The highest BCUT2D eigenvalue weighted by molar-refractivity contribution is 5.79. The van der Waals surface area contributed by atoms with Gasteiger partial charge < -0.3 is 15.0 Å². The van der Waals surface area contributed by atoms with Gasteiger partial charge in [-0.3, -0.25) is 9.69 Å². The molecule has 0 amide bonds. The number of nitrogens with zero attached hydrogens (tertiary/aromatic N) is 2. The summed E-state index contributed by atoms with van der Waals surface area (Å²) in [7, 11) is 2.06. The zero-order chi connectivity index (χ0) is 17.4. The van der Waals surface area contributed by atoms with Crippen molar-refractivity contribution in [3.63, 3.8) is 0 Å². The number of aromatic nitrogens is 2. The number of hydrogen-bond acceptors (Lipinski definition) is 5. The molecule has 6 heteroatoms. The SMILES string of the molecule is Cc1ccc2nc(CN(C)CC3CC4(CCNCC4)C(=O)O3)[nH]c2c1. The molecule has 2 aliphatic heterocycles. The first-order chi connectivity index (χ1) is 12.0. The molecule has 0 aliphatic carbocycles. The monoisotopic (exact) mass is 342 g/mol. The molecular weight excluding hydrogens is 316 g/mol. The lowest BCUT2D eigenvalue weighted by molar-refractivity contribution is -0.150. The maximum Gasteiger partial charge on any atom is 0.312 e. The Kier molecular flexibility index (Phi) is 4.25. The third-order valence-electron chi connectivity index (χ3n) is 5.51. The van der Waals surface area contributed by atoms with Crippen LogP contribution in [-0.2, 0) is 16.1 Å². The largest absolute Gasteiger partial charge is 0.461 e. The number of nitrogens with one attached hydrogen (secondary N) is 2. The number of aryl methyl sites for hydroxylation is 1. The summed E-state index contributed by atoms with van der Waals surface area (Å²) in [5.41, 5.74) is 3.05. The van der Waals surface area contributed by atoms with Gasteiger partial charge in [-0.05, 0) is 57.6 Å². The summed E-state index contributed by atoms with van der Waals surface area (Å²) in [4.78, 5) is 22.6. The Bertz CT molecular complexity index is 779. The van der Waals surface area contributed by atoms with Gasteiger partial charge in [-0.2, -0.15) is 0 Å². The number of esters is 1. The molecule has 0 saturated carbocycles. The molecule has 0 bridgehead atoms. The highest BCUT2D eigenvalue weighted by atomic mass is 16.6. The zero-order valence-corrected chi connectivity index (χ0v) is 15.0. The Morgan fingerprint density at radius 1 is 1.36 bits per heavy atom. The molecule has 2 aromatic rings. The number of piperidine rings is 1. The fourth-order valence-electron chi connectivity index (χ4n) is 4.17. The van der Waals surface area contributed by atoms with Gasteiger partial charge in [0.25, 0.3) is 0 Å². The van der Waals surface area contributed by atoms with Crippen molar-refractivity contribution in [2.75, 3.05) is 26.7 Å². The third kappa shape index (κ3) is 3.28. The second kappa shape index (κ2) is 6.42. The summed E-state index contributed by atoms with van der Waals surface area (Å²) >= 11 is 0. The fourth-order valence-corrected chi connectivity index (χ4v) is 4.17. The van der Waals surface area contributed by atoms with Gasteiger partial charge in [0.1, 0.15) is 11.9 Å². The lowest BCUT2D eigenvalue weighted by Gasteiger charge is -2.29. The summed E-state index contributed by atoms with van der Waals surface area (Å²) in [5, 5.41) is 3.33. The highest BCUT2D eigenvalue weighted by Crippen LogP contribution is 2.41. The first-order valence-electron chi connectivity index (χ1n) is 9.10. The molecule has 3 heterocycles. The molecule has 1 aromatic carbocycles. The van der Waals surface area contributed by atoms with E-state index in [4.69, 9.17) is 4.74 Å². The molecule has 1 unspecified atom stereocenters. The third-order valence-corrected chi connectivity index (χ3v) is 5.51. The van der Waals surface area contributed by atoms with E-state index >= 15 is 0 Å². The summed E-state index contributed by atoms with van der Waals surface area (Å²) in [5.74, 6) is 0.954. The Morgan fingerprint density at radius 2 is 2.16 bits per heavy atom. The standard InChI is InChI=1S/C19H26N4O2/c1-13-3-4-15-16(9-13)22-17(21-15)12-23(2)11-14-10-19(18(24)25-14)5-7-20-8-6-19/h3-4,9,14,20H,5-8,10-12H2,1-2H3,(H,21,22). The molecule has 25 heavy (non-hydrogen) atoms. The molecule has 134 valence electrons. The molecule has 0 radical (unpaired) electrons. The molecule has 4 rings (SSSR count). The van der Waals surface area contributed by atoms with Crippen LogP contribution in [0.4, 0.5) is 0 Å². The Labute approximate surface area is 147 Å². The van der Waals surface area contributed by atoms with E-state index < -0.39 is 0 Å². The van der Waals surface area contributed by atoms with Crippen molar-refractivity contribution in [1.82, 2.24) is 20.2 Å². The molecule has 2 aliphatic rings. The van der Waals surface area contributed by atoms with Crippen molar-refractivity contribution < 1.29 is 9.53 Å². The minimum atomic E-state index is -0.242. The molecule has 1 atom stereocenters. The summed E-state index contributed by atoms with van der Waals surface area (Å²) in [6.07, 6.45) is 2.63. The van der Waals surface area contributed by atoms with Crippen LogP contribution in [0.15, 0.2) is 18.2 Å². The zero-order valence-electron chi connectivity index (χ0n) is 15.0. The van der Waals surface area contributed by atoms with Crippen LogP contribution in [0.5, 0.6) is 0 Å². The van der Waals surface area contributed by atoms with E-state index in [0.29, 0.717) is 0 Å². The van der Waals surface area contributed by atoms with Crippen LogP contribution in [0.3, 0.4) is 0 Å². The second-order valence-corrected chi connectivity index (χ2v) is 7.66. The number of H-pyrrole nitrogens is 1. The first kappa shape index (κ1) is 16.5. The number of benzene rings is 1. The molecule has 1 spiro atoms. The number of aromatic amines is 1.